The van der Waals surface area contributed by atoms with E-state index < -0.39 is 21.8 Å². The van der Waals surface area contributed by atoms with Gasteiger partial charge in [0.1, 0.15) is 17.5 Å². The third-order valence-corrected chi connectivity index (χ3v) is 6.56. The number of sulfonamides is 1. The lowest BCUT2D eigenvalue weighted by Gasteiger charge is -2.35. The topological polar surface area (TPSA) is 69.6 Å². The van der Waals surface area contributed by atoms with E-state index >= 15 is 0 Å². The molecule has 0 bridgehead atoms. The molecule has 2 aromatic rings. The molecule has 7 nitrogen and oxygen atoms in total. The first-order chi connectivity index (χ1) is 13.5. The lowest BCUT2D eigenvalue weighted by Crippen LogP contribution is -2.49. The first-order valence-corrected chi connectivity index (χ1v) is 10.4. The van der Waals surface area contributed by atoms with Gasteiger partial charge in [-0.05, 0) is 31.2 Å². The predicted molar refractivity (Wildman–Crippen MR) is 104 cm³/mol. The normalized spacial score (nSPS) is 16.1. The maximum absolute atomic E-state index is 12.8. The van der Waals surface area contributed by atoms with Gasteiger partial charge in [-0.25, -0.2) is 18.4 Å². The van der Waals surface area contributed by atoms with E-state index in [9.17, 15) is 21.6 Å². The van der Waals surface area contributed by atoms with Gasteiger partial charge in [0, 0.05) is 46.3 Å². The zero-order chi connectivity index (χ0) is 21.4. The minimum Gasteiger partial charge on any atom is -0.363 e. The SMILES string of the molecule is Cc1nc(N(C)C)cc(N2CCN(S(=O)(=O)c3ccc(C(F)(F)F)cc3)CC2)n1. The Morgan fingerprint density at radius 1 is 1.00 bits per heavy atom. The fraction of sp³-hybridized carbons (Fsp3) is 0.444. The number of nitrogens with zero attached hydrogens (tertiary/aromatic N) is 5. The zero-order valence-corrected chi connectivity index (χ0v) is 17.1. The molecule has 0 spiro atoms. The van der Waals surface area contributed by atoms with E-state index in [4.69, 9.17) is 0 Å². The summed E-state index contributed by atoms with van der Waals surface area (Å²) in [4.78, 5) is 12.5. The van der Waals surface area contributed by atoms with Crippen molar-refractivity contribution in [2.24, 2.45) is 0 Å². The molecule has 0 N–H and O–H groups in total. The van der Waals surface area contributed by atoms with Crippen molar-refractivity contribution in [2.45, 2.75) is 18.0 Å². The predicted octanol–water partition coefficient (Wildman–Crippen LogP) is 2.38. The van der Waals surface area contributed by atoms with E-state index in [1.165, 1.54) is 4.31 Å². The Morgan fingerprint density at radius 3 is 2.10 bits per heavy atom. The number of aromatic nitrogens is 2. The monoisotopic (exact) mass is 429 g/mol. The van der Waals surface area contributed by atoms with Crippen molar-refractivity contribution >= 4 is 21.7 Å². The zero-order valence-electron chi connectivity index (χ0n) is 16.3. The summed E-state index contributed by atoms with van der Waals surface area (Å²) < 4.78 is 65.0. The average molecular weight is 429 g/mol. The van der Waals surface area contributed by atoms with Crippen LogP contribution in [0, 0.1) is 6.92 Å². The highest BCUT2D eigenvalue weighted by atomic mass is 32.2. The summed E-state index contributed by atoms with van der Waals surface area (Å²) >= 11 is 0. The van der Waals surface area contributed by atoms with Crippen LogP contribution in [0.15, 0.2) is 35.2 Å². The van der Waals surface area contributed by atoms with E-state index in [0.29, 0.717) is 24.7 Å². The van der Waals surface area contributed by atoms with Crippen LogP contribution in [-0.4, -0.2) is 63.0 Å². The molecule has 0 unspecified atom stereocenters. The van der Waals surface area contributed by atoms with Crippen molar-refractivity contribution in [1.29, 1.82) is 0 Å². The number of benzene rings is 1. The quantitative estimate of drug-likeness (QED) is 0.744. The van der Waals surface area contributed by atoms with Crippen LogP contribution in [0.3, 0.4) is 0 Å². The molecule has 1 saturated heterocycles. The number of hydrogen-bond donors (Lipinski definition) is 0. The standard InChI is InChI=1S/C18H22F3N5O2S/c1-13-22-16(24(2)3)12-17(23-13)25-8-10-26(11-9-25)29(27,28)15-6-4-14(5-7-15)18(19,20)21/h4-7,12H,8-11H2,1-3H3. The fourth-order valence-corrected chi connectivity index (χ4v) is 4.47. The van der Waals surface area contributed by atoms with Crippen LogP contribution in [-0.2, 0) is 16.2 Å². The van der Waals surface area contributed by atoms with Crippen LogP contribution >= 0.6 is 0 Å². The molecule has 1 aromatic carbocycles. The molecule has 0 amide bonds. The van der Waals surface area contributed by atoms with Crippen LogP contribution < -0.4 is 9.80 Å². The third-order valence-electron chi connectivity index (χ3n) is 4.65. The summed E-state index contributed by atoms with van der Waals surface area (Å²) in [6.07, 6.45) is -4.50. The molecule has 11 heteroatoms. The Balaban J connectivity index is 1.73. The highest BCUT2D eigenvalue weighted by Crippen LogP contribution is 2.30. The molecule has 29 heavy (non-hydrogen) atoms. The minimum atomic E-state index is -4.50. The molecule has 1 fully saturated rings. The Kier molecular flexibility index (Phi) is 5.72. The molecule has 0 saturated carbocycles. The molecule has 0 radical (unpaired) electrons. The van der Waals surface area contributed by atoms with Crippen molar-refractivity contribution in [3.63, 3.8) is 0 Å². The summed E-state index contributed by atoms with van der Waals surface area (Å²) in [7, 11) is -0.111. The van der Waals surface area contributed by atoms with Crippen molar-refractivity contribution in [1.82, 2.24) is 14.3 Å². The van der Waals surface area contributed by atoms with E-state index in [1.54, 1.807) is 6.92 Å². The van der Waals surface area contributed by atoms with Crippen molar-refractivity contribution in [3.8, 4) is 0 Å². The van der Waals surface area contributed by atoms with E-state index in [2.05, 4.69) is 9.97 Å². The summed E-state index contributed by atoms with van der Waals surface area (Å²) in [6, 6.07) is 5.42. The number of hydrogen-bond acceptors (Lipinski definition) is 6. The number of halogens is 3. The van der Waals surface area contributed by atoms with Gasteiger partial charge < -0.3 is 9.80 Å². The van der Waals surface area contributed by atoms with Gasteiger partial charge in [0.25, 0.3) is 0 Å². The van der Waals surface area contributed by atoms with Gasteiger partial charge in [-0.15, -0.1) is 0 Å². The second-order valence-corrected chi connectivity index (χ2v) is 8.88. The molecule has 1 aliphatic rings. The van der Waals surface area contributed by atoms with Crippen molar-refractivity contribution < 1.29 is 21.6 Å². The molecular formula is C18H22F3N5O2S. The van der Waals surface area contributed by atoms with E-state index in [-0.39, 0.29) is 18.0 Å². The van der Waals surface area contributed by atoms with Gasteiger partial charge in [-0.1, -0.05) is 0 Å². The number of anilines is 2. The summed E-state index contributed by atoms with van der Waals surface area (Å²) in [5, 5.41) is 0. The second kappa shape index (κ2) is 7.79. The third kappa shape index (κ3) is 4.61. The lowest BCUT2D eigenvalue weighted by atomic mass is 10.2. The molecule has 0 aliphatic carbocycles. The van der Waals surface area contributed by atoms with Crippen LogP contribution in [0.25, 0.3) is 0 Å². The second-order valence-electron chi connectivity index (χ2n) is 6.94. The van der Waals surface area contributed by atoms with Gasteiger partial charge in [0.05, 0.1) is 10.5 Å². The van der Waals surface area contributed by atoms with Crippen LogP contribution in [0.1, 0.15) is 11.4 Å². The average Bonchev–Trinajstić information content (AvgIpc) is 2.67. The highest BCUT2D eigenvalue weighted by molar-refractivity contribution is 7.89. The largest absolute Gasteiger partial charge is 0.416 e. The van der Waals surface area contributed by atoms with Gasteiger partial charge in [0.2, 0.25) is 10.0 Å². The molecule has 1 aliphatic heterocycles. The van der Waals surface area contributed by atoms with Crippen LogP contribution in [0.4, 0.5) is 24.8 Å². The number of alkyl halides is 3. The highest BCUT2D eigenvalue weighted by Gasteiger charge is 2.32. The first-order valence-electron chi connectivity index (χ1n) is 8.94. The maximum Gasteiger partial charge on any atom is 0.416 e. The fourth-order valence-electron chi connectivity index (χ4n) is 3.05. The smallest absolute Gasteiger partial charge is 0.363 e. The molecule has 1 aromatic heterocycles. The van der Waals surface area contributed by atoms with Gasteiger partial charge in [0.15, 0.2) is 0 Å². The Morgan fingerprint density at radius 2 is 1.59 bits per heavy atom. The van der Waals surface area contributed by atoms with Gasteiger partial charge >= 0.3 is 6.18 Å². The van der Waals surface area contributed by atoms with Crippen LogP contribution in [0.5, 0.6) is 0 Å². The van der Waals surface area contributed by atoms with Crippen molar-refractivity contribution in [3.05, 3.63) is 41.7 Å². The molecule has 2 heterocycles. The Labute approximate surface area is 167 Å². The summed E-state index contributed by atoms with van der Waals surface area (Å²) in [5.41, 5.74) is -0.878. The Hall–Kier alpha value is -2.40. The van der Waals surface area contributed by atoms with E-state index in [0.717, 1.165) is 30.1 Å². The van der Waals surface area contributed by atoms with Crippen molar-refractivity contribution in [2.75, 3.05) is 50.1 Å². The molecule has 0 atom stereocenters. The summed E-state index contributed by atoms with van der Waals surface area (Å²) in [5.74, 6) is 2.09. The molecule has 3 rings (SSSR count). The van der Waals surface area contributed by atoms with Gasteiger partial charge in [-0.2, -0.15) is 17.5 Å². The van der Waals surface area contributed by atoms with Gasteiger partial charge in [-0.3, -0.25) is 0 Å². The maximum atomic E-state index is 12.8. The number of piperazine rings is 1. The summed E-state index contributed by atoms with van der Waals surface area (Å²) in [6.45, 7) is 3.06. The number of aryl methyl sites for hydroxylation is 1. The van der Waals surface area contributed by atoms with Crippen LogP contribution in [0.2, 0.25) is 0 Å². The molecule has 158 valence electrons. The number of rotatable bonds is 4. The minimum absolute atomic E-state index is 0.147. The van der Waals surface area contributed by atoms with E-state index in [1.807, 2.05) is 30.0 Å². The molecular weight excluding hydrogens is 407 g/mol. The Bertz CT molecular complexity index is 970. The lowest BCUT2D eigenvalue weighted by molar-refractivity contribution is -0.137. The first kappa shape index (κ1) is 21.3.